The number of benzene rings is 2. The quantitative estimate of drug-likeness (QED) is 0.708. The number of aryl methyl sites for hydroxylation is 3. The van der Waals surface area contributed by atoms with Gasteiger partial charge in [0.1, 0.15) is 5.69 Å². The van der Waals surface area contributed by atoms with Crippen molar-refractivity contribution in [2.75, 3.05) is 6.61 Å². The summed E-state index contributed by atoms with van der Waals surface area (Å²) in [5.74, 6) is -0.285. The highest BCUT2D eigenvalue weighted by molar-refractivity contribution is 5.88. The molecule has 3 rings (SSSR count). The average Bonchev–Trinajstić information content (AvgIpc) is 2.94. The van der Waals surface area contributed by atoms with E-state index in [0.29, 0.717) is 12.3 Å². The summed E-state index contributed by atoms with van der Waals surface area (Å²) in [7, 11) is 0. The first-order valence-electron chi connectivity index (χ1n) is 8.01. The van der Waals surface area contributed by atoms with Gasteiger partial charge in [-0.3, -0.25) is 0 Å². The van der Waals surface area contributed by atoms with E-state index >= 15 is 0 Å². The fraction of sp³-hybridized carbons (Fsp3) is 0.250. The molecule has 0 saturated carbocycles. The van der Waals surface area contributed by atoms with Crippen LogP contribution in [0.25, 0.3) is 10.8 Å². The number of rotatable bonds is 5. The predicted octanol–water partition coefficient (Wildman–Crippen LogP) is 4.44. The molecule has 0 radical (unpaired) electrons. The van der Waals surface area contributed by atoms with Crippen LogP contribution in [0.2, 0.25) is 0 Å². The number of hydrogen-bond donors (Lipinski definition) is 1. The van der Waals surface area contributed by atoms with Crippen molar-refractivity contribution in [3.05, 3.63) is 71.0 Å². The number of nitrogens with one attached hydrogen (secondary N) is 1. The summed E-state index contributed by atoms with van der Waals surface area (Å²) in [4.78, 5) is 14.9. The fourth-order valence-corrected chi connectivity index (χ4v) is 2.96. The van der Waals surface area contributed by atoms with E-state index in [9.17, 15) is 4.79 Å². The highest BCUT2D eigenvalue weighted by Gasteiger charge is 2.12. The SMILES string of the molecule is CCOC(=O)c1cc(CCc2cccc3ccccc23)c(C)[nH]1. The molecule has 0 spiro atoms. The average molecular weight is 307 g/mol. The molecule has 0 saturated heterocycles. The number of esters is 1. The maximum atomic E-state index is 11.8. The zero-order chi connectivity index (χ0) is 16.2. The smallest absolute Gasteiger partial charge is 0.354 e. The molecule has 0 fully saturated rings. The third-order valence-corrected chi connectivity index (χ3v) is 4.16. The van der Waals surface area contributed by atoms with Crippen LogP contribution in [-0.4, -0.2) is 17.6 Å². The molecule has 3 nitrogen and oxygen atoms in total. The Morgan fingerprint density at radius 3 is 2.61 bits per heavy atom. The zero-order valence-electron chi connectivity index (χ0n) is 13.6. The van der Waals surface area contributed by atoms with Gasteiger partial charge >= 0.3 is 5.97 Å². The zero-order valence-corrected chi connectivity index (χ0v) is 13.6. The monoisotopic (exact) mass is 307 g/mol. The molecule has 0 aliphatic heterocycles. The number of hydrogen-bond acceptors (Lipinski definition) is 2. The second-order valence-corrected chi connectivity index (χ2v) is 5.69. The van der Waals surface area contributed by atoms with Gasteiger partial charge in [0.25, 0.3) is 0 Å². The number of carbonyl (C=O) groups is 1. The number of aromatic nitrogens is 1. The molecule has 1 heterocycles. The van der Waals surface area contributed by atoms with Crippen molar-refractivity contribution in [3.8, 4) is 0 Å². The minimum atomic E-state index is -0.285. The van der Waals surface area contributed by atoms with Crippen LogP contribution in [0.4, 0.5) is 0 Å². The lowest BCUT2D eigenvalue weighted by molar-refractivity contribution is 0.0520. The summed E-state index contributed by atoms with van der Waals surface area (Å²) >= 11 is 0. The van der Waals surface area contributed by atoms with Crippen LogP contribution in [0, 0.1) is 6.92 Å². The highest BCUT2D eigenvalue weighted by Crippen LogP contribution is 2.21. The number of carbonyl (C=O) groups excluding carboxylic acids is 1. The lowest BCUT2D eigenvalue weighted by Crippen LogP contribution is -2.04. The molecule has 3 aromatic rings. The highest BCUT2D eigenvalue weighted by atomic mass is 16.5. The molecule has 0 bridgehead atoms. The molecule has 0 aliphatic rings. The first-order chi connectivity index (χ1) is 11.2. The summed E-state index contributed by atoms with van der Waals surface area (Å²) in [6.07, 6.45) is 1.85. The van der Waals surface area contributed by atoms with Gasteiger partial charge in [0.05, 0.1) is 6.61 Å². The van der Waals surface area contributed by atoms with Gasteiger partial charge < -0.3 is 9.72 Å². The van der Waals surface area contributed by atoms with E-state index in [1.54, 1.807) is 0 Å². The van der Waals surface area contributed by atoms with Crippen molar-refractivity contribution in [1.29, 1.82) is 0 Å². The fourth-order valence-electron chi connectivity index (χ4n) is 2.96. The molecule has 1 aromatic heterocycles. The van der Waals surface area contributed by atoms with E-state index in [2.05, 4.69) is 47.4 Å². The van der Waals surface area contributed by atoms with Crippen molar-refractivity contribution in [2.45, 2.75) is 26.7 Å². The number of fused-ring (bicyclic) bond motifs is 1. The first-order valence-corrected chi connectivity index (χ1v) is 8.01. The minimum Gasteiger partial charge on any atom is -0.461 e. The second-order valence-electron chi connectivity index (χ2n) is 5.69. The lowest BCUT2D eigenvalue weighted by Gasteiger charge is -2.06. The van der Waals surface area contributed by atoms with Crippen LogP contribution in [0.1, 0.15) is 34.2 Å². The Labute approximate surface area is 136 Å². The molecular formula is C20H21NO2. The summed E-state index contributed by atoms with van der Waals surface area (Å²) in [5, 5.41) is 2.57. The number of aromatic amines is 1. The lowest BCUT2D eigenvalue weighted by atomic mass is 9.99. The van der Waals surface area contributed by atoms with Crippen molar-refractivity contribution in [1.82, 2.24) is 4.98 Å². The number of H-pyrrole nitrogens is 1. The van der Waals surface area contributed by atoms with E-state index in [4.69, 9.17) is 4.74 Å². The van der Waals surface area contributed by atoms with Gasteiger partial charge in [-0.1, -0.05) is 42.5 Å². The van der Waals surface area contributed by atoms with Gasteiger partial charge in [-0.05, 0) is 54.7 Å². The number of ether oxygens (including phenoxy) is 1. The summed E-state index contributed by atoms with van der Waals surface area (Å²) in [6, 6.07) is 16.8. The molecule has 0 amide bonds. The Morgan fingerprint density at radius 2 is 1.78 bits per heavy atom. The van der Waals surface area contributed by atoms with E-state index < -0.39 is 0 Å². The topological polar surface area (TPSA) is 42.1 Å². The van der Waals surface area contributed by atoms with Crippen molar-refractivity contribution in [3.63, 3.8) is 0 Å². The van der Waals surface area contributed by atoms with Gasteiger partial charge in [-0.25, -0.2) is 4.79 Å². The van der Waals surface area contributed by atoms with Crippen LogP contribution < -0.4 is 0 Å². The molecule has 0 unspecified atom stereocenters. The van der Waals surface area contributed by atoms with Crippen molar-refractivity contribution < 1.29 is 9.53 Å². The summed E-state index contributed by atoms with van der Waals surface area (Å²) in [6.45, 7) is 4.21. The predicted molar refractivity (Wildman–Crippen MR) is 92.8 cm³/mol. The first kappa shape index (κ1) is 15.3. The van der Waals surface area contributed by atoms with Crippen LogP contribution in [-0.2, 0) is 17.6 Å². The van der Waals surface area contributed by atoms with E-state index in [1.165, 1.54) is 21.9 Å². The molecule has 3 heteroatoms. The minimum absolute atomic E-state index is 0.285. The van der Waals surface area contributed by atoms with Crippen molar-refractivity contribution in [2.24, 2.45) is 0 Å². The van der Waals surface area contributed by atoms with E-state index in [1.807, 2.05) is 19.9 Å². The van der Waals surface area contributed by atoms with Crippen LogP contribution in [0.5, 0.6) is 0 Å². The Kier molecular flexibility index (Phi) is 4.47. The van der Waals surface area contributed by atoms with Crippen LogP contribution in [0.15, 0.2) is 48.5 Å². The third-order valence-electron chi connectivity index (χ3n) is 4.16. The molecule has 23 heavy (non-hydrogen) atoms. The molecule has 0 atom stereocenters. The molecule has 1 N–H and O–H groups in total. The molecule has 2 aromatic carbocycles. The van der Waals surface area contributed by atoms with Gasteiger partial charge in [0, 0.05) is 5.69 Å². The Bertz CT molecular complexity index is 827. The second kappa shape index (κ2) is 6.69. The van der Waals surface area contributed by atoms with Gasteiger partial charge in [0.2, 0.25) is 0 Å². The van der Waals surface area contributed by atoms with Gasteiger partial charge in [0.15, 0.2) is 0 Å². The molecular weight excluding hydrogens is 286 g/mol. The summed E-state index contributed by atoms with van der Waals surface area (Å²) < 4.78 is 5.05. The van der Waals surface area contributed by atoms with E-state index in [-0.39, 0.29) is 5.97 Å². The molecule has 118 valence electrons. The normalized spacial score (nSPS) is 10.9. The third kappa shape index (κ3) is 3.29. The Balaban J connectivity index is 1.79. The van der Waals surface area contributed by atoms with Crippen LogP contribution in [0.3, 0.4) is 0 Å². The maximum absolute atomic E-state index is 11.8. The van der Waals surface area contributed by atoms with Gasteiger partial charge in [-0.15, -0.1) is 0 Å². The largest absolute Gasteiger partial charge is 0.461 e. The van der Waals surface area contributed by atoms with Crippen molar-refractivity contribution >= 4 is 16.7 Å². The standard InChI is InChI=1S/C20H21NO2/c1-3-23-20(22)19-13-17(14(2)21-19)12-11-16-9-6-8-15-7-4-5-10-18(15)16/h4-10,13,21H,3,11-12H2,1-2H3. The molecule has 0 aliphatic carbocycles. The van der Waals surface area contributed by atoms with Crippen LogP contribution >= 0.6 is 0 Å². The maximum Gasteiger partial charge on any atom is 0.354 e. The van der Waals surface area contributed by atoms with Gasteiger partial charge in [-0.2, -0.15) is 0 Å². The Morgan fingerprint density at radius 1 is 1.04 bits per heavy atom. The summed E-state index contributed by atoms with van der Waals surface area (Å²) in [5.41, 5.74) is 4.08. The van der Waals surface area contributed by atoms with E-state index in [0.717, 1.165) is 18.5 Å². The Hall–Kier alpha value is -2.55.